The molecule has 1 aromatic rings. The van der Waals surface area contributed by atoms with Crippen molar-refractivity contribution >= 4 is 11.9 Å². The van der Waals surface area contributed by atoms with Crippen LogP contribution < -0.4 is 0 Å². The number of Topliss-reactive ketones (excluding diaryl/α,β-unsaturated/α-hetero) is 1. The molecule has 3 heteroatoms. The van der Waals surface area contributed by atoms with E-state index in [9.17, 15) is 15.0 Å². The minimum absolute atomic E-state index is 0.0287. The molecule has 0 aliphatic heterocycles. The lowest BCUT2D eigenvalue weighted by Crippen LogP contribution is -2.38. The van der Waals surface area contributed by atoms with Gasteiger partial charge in [0.05, 0.1) is 0 Å². The summed E-state index contributed by atoms with van der Waals surface area (Å²) in [6.45, 7) is 0. The van der Waals surface area contributed by atoms with Crippen LogP contribution in [-0.2, 0) is 4.79 Å². The molecule has 3 nitrogen and oxygen atoms in total. The Morgan fingerprint density at radius 1 is 1.17 bits per heavy atom. The summed E-state index contributed by atoms with van der Waals surface area (Å²) < 4.78 is 0. The molecule has 3 fully saturated rings. The molecule has 2 N–H and O–H groups in total. The van der Waals surface area contributed by atoms with Crippen molar-refractivity contribution in [3.63, 3.8) is 0 Å². The minimum Gasteiger partial charge on any atom is -0.504 e. The molecule has 4 unspecified atom stereocenters. The minimum atomic E-state index is -0.125. The van der Waals surface area contributed by atoms with Crippen molar-refractivity contribution in [3.05, 3.63) is 29.8 Å². The van der Waals surface area contributed by atoms with Gasteiger partial charge in [-0.1, -0.05) is 18.2 Å². The van der Waals surface area contributed by atoms with Crippen LogP contribution in [-0.4, -0.2) is 16.0 Å². The Balaban J connectivity index is 1.46. The molecule has 0 spiro atoms. The van der Waals surface area contributed by atoms with E-state index in [1.165, 1.54) is 37.8 Å². The van der Waals surface area contributed by atoms with E-state index in [0.29, 0.717) is 18.1 Å². The van der Waals surface area contributed by atoms with Gasteiger partial charge in [0.1, 0.15) is 5.78 Å². The lowest BCUT2D eigenvalue weighted by molar-refractivity contribution is -0.132. The van der Waals surface area contributed by atoms with E-state index < -0.39 is 0 Å². The summed E-state index contributed by atoms with van der Waals surface area (Å²) in [7, 11) is 0. The number of carbonyl (C=O) groups excluding carboxylic acids is 1. The van der Waals surface area contributed by atoms with Crippen LogP contribution in [0.2, 0.25) is 0 Å². The molecule has 23 heavy (non-hydrogen) atoms. The highest BCUT2D eigenvalue weighted by Crippen LogP contribution is 2.62. The van der Waals surface area contributed by atoms with E-state index in [1.807, 2.05) is 12.2 Å². The third-order valence-electron chi connectivity index (χ3n) is 6.50. The van der Waals surface area contributed by atoms with Crippen LogP contribution in [0, 0.1) is 23.2 Å². The van der Waals surface area contributed by atoms with Crippen LogP contribution in [0.1, 0.15) is 50.5 Å². The van der Waals surface area contributed by atoms with Gasteiger partial charge in [-0.05, 0) is 74.0 Å². The van der Waals surface area contributed by atoms with E-state index in [0.717, 1.165) is 30.2 Å². The van der Waals surface area contributed by atoms with Crippen LogP contribution in [0.15, 0.2) is 24.3 Å². The number of phenols is 2. The van der Waals surface area contributed by atoms with Gasteiger partial charge in [-0.15, -0.1) is 0 Å². The Bertz CT molecular complexity index is 663. The first-order valence-electron chi connectivity index (χ1n) is 8.78. The van der Waals surface area contributed by atoms with Gasteiger partial charge in [0.15, 0.2) is 11.5 Å². The number of allylic oxidation sites excluding steroid dienone is 1. The van der Waals surface area contributed by atoms with E-state index in [2.05, 4.69) is 0 Å². The van der Waals surface area contributed by atoms with Gasteiger partial charge in [0, 0.05) is 11.8 Å². The first-order chi connectivity index (χ1) is 11.1. The first kappa shape index (κ1) is 14.8. The number of rotatable bonds is 4. The summed E-state index contributed by atoms with van der Waals surface area (Å²) in [5.41, 5.74) is 0.776. The van der Waals surface area contributed by atoms with Crippen LogP contribution in [0.4, 0.5) is 0 Å². The number of hydrogen-bond donors (Lipinski definition) is 2. The van der Waals surface area contributed by atoms with Crippen molar-refractivity contribution in [1.29, 1.82) is 0 Å². The van der Waals surface area contributed by atoms with Crippen molar-refractivity contribution in [2.75, 3.05) is 0 Å². The molecule has 0 saturated heterocycles. The van der Waals surface area contributed by atoms with Crippen LogP contribution in [0.25, 0.3) is 6.08 Å². The molecule has 1 aromatic carbocycles. The Morgan fingerprint density at radius 3 is 2.83 bits per heavy atom. The third-order valence-corrected chi connectivity index (χ3v) is 6.50. The van der Waals surface area contributed by atoms with Crippen LogP contribution >= 0.6 is 0 Å². The fraction of sp³-hybridized carbons (Fsp3) is 0.550. The van der Waals surface area contributed by atoms with Crippen LogP contribution in [0.3, 0.4) is 0 Å². The summed E-state index contributed by atoms with van der Waals surface area (Å²) in [4.78, 5) is 12.9. The Morgan fingerprint density at radius 2 is 2.00 bits per heavy atom. The van der Waals surface area contributed by atoms with Crippen LogP contribution in [0.5, 0.6) is 11.5 Å². The molecule has 3 bridgehead atoms. The van der Waals surface area contributed by atoms with Crippen molar-refractivity contribution in [1.82, 2.24) is 0 Å². The zero-order valence-corrected chi connectivity index (χ0v) is 13.4. The Labute approximate surface area is 137 Å². The van der Waals surface area contributed by atoms with Gasteiger partial charge in [-0.2, -0.15) is 0 Å². The standard InChI is InChI=1S/C20H24O3/c21-17-5-4-13(11-18(17)22)2-1-3-19(23)20-7-6-14-8-15(12-20)10-16(20)9-14/h1-2,4-5,11,14-16,21-22H,3,6-10,12H2/b2-1+. The molecule has 122 valence electrons. The Kier molecular flexibility index (Phi) is 3.47. The van der Waals surface area contributed by atoms with Crippen molar-refractivity contribution in [2.45, 2.75) is 44.9 Å². The van der Waals surface area contributed by atoms with Gasteiger partial charge in [0.25, 0.3) is 0 Å². The largest absolute Gasteiger partial charge is 0.504 e. The van der Waals surface area contributed by atoms with Crippen molar-refractivity contribution in [2.24, 2.45) is 23.2 Å². The molecule has 3 saturated carbocycles. The molecular weight excluding hydrogens is 288 g/mol. The maximum Gasteiger partial charge on any atom is 0.157 e. The summed E-state index contributed by atoms with van der Waals surface area (Å²) >= 11 is 0. The fourth-order valence-electron chi connectivity index (χ4n) is 5.50. The maximum absolute atomic E-state index is 12.9. The highest BCUT2D eigenvalue weighted by Gasteiger charge is 2.56. The van der Waals surface area contributed by atoms with Gasteiger partial charge in [0.2, 0.25) is 0 Å². The second-order valence-corrected chi connectivity index (χ2v) is 7.81. The lowest BCUT2D eigenvalue weighted by atomic mass is 9.62. The smallest absolute Gasteiger partial charge is 0.157 e. The molecule has 3 aliphatic carbocycles. The number of ketones is 1. The van der Waals surface area contributed by atoms with Crippen molar-refractivity contribution in [3.8, 4) is 11.5 Å². The highest BCUT2D eigenvalue weighted by atomic mass is 16.3. The fourth-order valence-corrected chi connectivity index (χ4v) is 5.50. The summed E-state index contributed by atoms with van der Waals surface area (Å²) in [6.07, 6.45) is 11.6. The molecule has 0 radical (unpaired) electrons. The third kappa shape index (κ3) is 2.46. The topological polar surface area (TPSA) is 57.5 Å². The molecule has 0 amide bonds. The molecule has 4 rings (SSSR count). The zero-order valence-electron chi connectivity index (χ0n) is 13.4. The summed E-state index contributed by atoms with van der Waals surface area (Å²) in [5, 5.41) is 18.8. The van der Waals surface area contributed by atoms with Gasteiger partial charge < -0.3 is 10.2 Å². The second kappa shape index (κ2) is 5.40. The molecular formula is C20H24O3. The highest BCUT2D eigenvalue weighted by molar-refractivity contribution is 5.87. The molecule has 0 heterocycles. The lowest BCUT2D eigenvalue weighted by Gasteiger charge is -2.41. The van der Waals surface area contributed by atoms with E-state index in [1.54, 1.807) is 6.07 Å². The number of benzene rings is 1. The SMILES string of the molecule is O=C(C/C=C/c1ccc(O)c(O)c1)C12CCC3CC(CC1C3)C2. The number of hydrogen-bond acceptors (Lipinski definition) is 3. The average molecular weight is 312 g/mol. The monoisotopic (exact) mass is 312 g/mol. The molecule has 4 atom stereocenters. The summed E-state index contributed by atoms with van der Waals surface area (Å²) in [5.74, 6) is 2.50. The second-order valence-electron chi connectivity index (χ2n) is 7.81. The normalized spacial score (nSPS) is 35.0. The van der Waals surface area contributed by atoms with Gasteiger partial charge >= 0.3 is 0 Å². The average Bonchev–Trinajstić information content (AvgIpc) is 2.70. The number of fused-ring (bicyclic) bond motifs is 2. The van der Waals surface area contributed by atoms with E-state index in [4.69, 9.17) is 0 Å². The van der Waals surface area contributed by atoms with Gasteiger partial charge in [-0.3, -0.25) is 4.79 Å². The van der Waals surface area contributed by atoms with E-state index >= 15 is 0 Å². The van der Waals surface area contributed by atoms with Gasteiger partial charge in [-0.25, -0.2) is 0 Å². The predicted octanol–water partition coefficient (Wildman–Crippen LogP) is 4.29. The first-order valence-corrected chi connectivity index (χ1v) is 8.78. The quantitative estimate of drug-likeness (QED) is 0.816. The molecule has 3 aliphatic rings. The number of phenolic OH excluding ortho intramolecular Hbond substituents is 2. The Hall–Kier alpha value is -1.77. The number of aromatic hydroxyl groups is 2. The predicted molar refractivity (Wildman–Crippen MR) is 89.0 cm³/mol. The number of carbonyl (C=O) groups is 1. The molecule has 0 aromatic heterocycles. The summed E-state index contributed by atoms with van der Waals surface area (Å²) in [6, 6.07) is 4.72. The maximum atomic E-state index is 12.9. The zero-order chi connectivity index (χ0) is 16.0. The van der Waals surface area contributed by atoms with Crippen molar-refractivity contribution < 1.29 is 15.0 Å². The van der Waals surface area contributed by atoms with E-state index in [-0.39, 0.29) is 16.9 Å².